The number of benzene rings is 1. The lowest BCUT2D eigenvalue weighted by molar-refractivity contribution is 0.0170. The first-order chi connectivity index (χ1) is 11.2. The van der Waals surface area contributed by atoms with Crippen LogP contribution in [0, 0.1) is 19.8 Å². The van der Waals surface area contributed by atoms with Gasteiger partial charge in [0.2, 0.25) is 5.89 Å². The number of nitrogens with zero attached hydrogens (tertiary/aromatic N) is 1. The fourth-order valence-corrected chi connectivity index (χ4v) is 2.05. The first-order valence-electron chi connectivity index (χ1n) is 7.99. The lowest BCUT2D eigenvalue weighted by atomic mass is 9.93. The van der Waals surface area contributed by atoms with E-state index in [4.69, 9.17) is 4.42 Å². The quantitative estimate of drug-likeness (QED) is 0.782. The van der Waals surface area contributed by atoms with Gasteiger partial charge in [-0.2, -0.15) is 0 Å². The summed E-state index contributed by atoms with van der Waals surface area (Å²) < 4.78 is 5.44. The fraction of sp³-hybridized carbons (Fsp3) is 0.444. The smallest absolute Gasteiger partial charge is 0.319 e. The molecule has 1 heterocycles. The molecule has 0 fully saturated rings. The Hall–Kier alpha value is -2.34. The summed E-state index contributed by atoms with van der Waals surface area (Å²) in [7, 11) is 0. The molecule has 6 nitrogen and oxygen atoms in total. The van der Waals surface area contributed by atoms with E-state index < -0.39 is 5.60 Å². The molecule has 2 aromatic rings. The number of amides is 2. The maximum Gasteiger partial charge on any atom is 0.319 e. The average molecular weight is 331 g/mol. The van der Waals surface area contributed by atoms with Gasteiger partial charge in [0.25, 0.3) is 0 Å². The highest BCUT2D eigenvalue weighted by Gasteiger charge is 2.25. The fourth-order valence-electron chi connectivity index (χ4n) is 2.05. The Bertz CT molecular complexity index is 720. The second-order valence-electron chi connectivity index (χ2n) is 6.64. The molecule has 0 aliphatic rings. The van der Waals surface area contributed by atoms with Crippen LogP contribution < -0.4 is 10.6 Å². The number of aliphatic hydroxyl groups is 1. The van der Waals surface area contributed by atoms with Crippen LogP contribution in [0.25, 0.3) is 11.5 Å². The molecule has 0 spiro atoms. The Balaban J connectivity index is 2.06. The number of carbonyl (C=O) groups excluding carboxylic acids is 1. The van der Waals surface area contributed by atoms with Crippen molar-refractivity contribution < 1.29 is 14.3 Å². The zero-order chi connectivity index (χ0) is 17.9. The van der Waals surface area contributed by atoms with Crippen molar-refractivity contribution in [2.45, 2.75) is 40.2 Å². The largest absolute Gasteiger partial charge is 0.444 e. The van der Waals surface area contributed by atoms with Crippen LogP contribution >= 0.6 is 0 Å². The molecule has 130 valence electrons. The van der Waals surface area contributed by atoms with Gasteiger partial charge >= 0.3 is 6.03 Å². The van der Waals surface area contributed by atoms with E-state index in [1.54, 1.807) is 13.2 Å². The van der Waals surface area contributed by atoms with Gasteiger partial charge in [0.15, 0.2) is 0 Å². The van der Waals surface area contributed by atoms with Gasteiger partial charge in [-0.15, -0.1) is 0 Å². The van der Waals surface area contributed by atoms with Crippen LogP contribution in [0.2, 0.25) is 0 Å². The van der Waals surface area contributed by atoms with Crippen molar-refractivity contribution in [2.75, 3.05) is 11.9 Å². The molecule has 6 heteroatoms. The Kier molecular flexibility index (Phi) is 5.29. The Morgan fingerprint density at radius 2 is 2.08 bits per heavy atom. The zero-order valence-corrected chi connectivity index (χ0v) is 14.8. The molecule has 24 heavy (non-hydrogen) atoms. The summed E-state index contributed by atoms with van der Waals surface area (Å²) in [5.74, 6) is 0.564. The maximum absolute atomic E-state index is 12.0. The Morgan fingerprint density at radius 3 is 2.67 bits per heavy atom. The van der Waals surface area contributed by atoms with Crippen molar-refractivity contribution in [1.82, 2.24) is 10.3 Å². The van der Waals surface area contributed by atoms with Gasteiger partial charge in [-0.05, 0) is 44.4 Å². The van der Waals surface area contributed by atoms with Crippen LogP contribution in [0.5, 0.6) is 0 Å². The van der Waals surface area contributed by atoms with E-state index >= 15 is 0 Å². The number of anilines is 1. The number of nitrogens with one attached hydrogen (secondary N) is 2. The van der Waals surface area contributed by atoms with E-state index in [9.17, 15) is 9.90 Å². The summed E-state index contributed by atoms with van der Waals surface area (Å²) in [5, 5.41) is 15.6. The number of aryl methyl sites for hydroxylation is 2. The summed E-state index contributed by atoms with van der Waals surface area (Å²) in [6.45, 7) is 9.51. The molecule has 0 saturated carbocycles. The van der Waals surface area contributed by atoms with Crippen LogP contribution in [0.3, 0.4) is 0 Å². The molecular formula is C18H25N3O3. The lowest BCUT2D eigenvalue weighted by Gasteiger charge is -2.27. The number of rotatable bonds is 5. The van der Waals surface area contributed by atoms with Gasteiger partial charge in [-0.25, -0.2) is 9.78 Å². The predicted octanol–water partition coefficient (Wildman–Crippen LogP) is 3.49. The number of carbonyl (C=O) groups is 1. The second-order valence-corrected chi connectivity index (χ2v) is 6.64. The molecule has 0 bridgehead atoms. The predicted molar refractivity (Wildman–Crippen MR) is 93.9 cm³/mol. The molecule has 1 unspecified atom stereocenters. The molecule has 2 rings (SSSR count). The second kappa shape index (κ2) is 7.05. The number of oxazole rings is 1. The van der Waals surface area contributed by atoms with E-state index in [1.807, 2.05) is 45.9 Å². The minimum atomic E-state index is -0.953. The molecule has 1 aromatic heterocycles. The van der Waals surface area contributed by atoms with Gasteiger partial charge in [-0.3, -0.25) is 0 Å². The highest BCUT2D eigenvalue weighted by molar-refractivity contribution is 5.90. The van der Waals surface area contributed by atoms with Crippen molar-refractivity contribution in [3.05, 3.63) is 35.7 Å². The topological polar surface area (TPSA) is 87.4 Å². The van der Waals surface area contributed by atoms with Gasteiger partial charge < -0.3 is 20.2 Å². The van der Waals surface area contributed by atoms with E-state index in [0.29, 0.717) is 11.6 Å². The van der Waals surface area contributed by atoms with Crippen LogP contribution in [-0.2, 0) is 0 Å². The summed E-state index contributed by atoms with van der Waals surface area (Å²) >= 11 is 0. The van der Waals surface area contributed by atoms with E-state index in [-0.39, 0.29) is 18.5 Å². The molecule has 3 N–H and O–H groups in total. The highest BCUT2D eigenvalue weighted by atomic mass is 16.3. The Morgan fingerprint density at radius 1 is 1.38 bits per heavy atom. The zero-order valence-electron chi connectivity index (χ0n) is 14.8. The Labute approximate surface area is 142 Å². The average Bonchev–Trinajstić information content (AvgIpc) is 2.93. The van der Waals surface area contributed by atoms with E-state index in [1.165, 1.54) is 0 Å². The van der Waals surface area contributed by atoms with Gasteiger partial charge in [0.05, 0.1) is 11.3 Å². The summed E-state index contributed by atoms with van der Waals surface area (Å²) in [5.41, 5.74) is 2.32. The normalized spacial score (nSPS) is 13.6. The van der Waals surface area contributed by atoms with Gasteiger partial charge in [-0.1, -0.05) is 19.9 Å². The molecule has 0 aliphatic heterocycles. The molecule has 0 radical (unpaired) electrons. The maximum atomic E-state index is 12.0. The molecule has 1 atom stereocenters. The third-order valence-corrected chi connectivity index (χ3v) is 4.20. The monoisotopic (exact) mass is 331 g/mol. The minimum absolute atomic E-state index is 0.0389. The number of hydrogen-bond acceptors (Lipinski definition) is 4. The third kappa shape index (κ3) is 4.35. The first-order valence-corrected chi connectivity index (χ1v) is 7.99. The number of aromatic nitrogens is 1. The third-order valence-electron chi connectivity index (χ3n) is 4.20. The van der Waals surface area contributed by atoms with Crippen LogP contribution in [-0.4, -0.2) is 28.3 Å². The van der Waals surface area contributed by atoms with Crippen LogP contribution in [0.1, 0.15) is 32.0 Å². The van der Waals surface area contributed by atoms with Crippen molar-refractivity contribution in [2.24, 2.45) is 5.92 Å². The molecule has 1 aromatic carbocycles. The van der Waals surface area contributed by atoms with Crippen molar-refractivity contribution in [3.8, 4) is 11.5 Å². The summed E-state index contributed by atoms with van der Waals surface area (Å²) in [6.07, 6.45) is 1.59. The lowest BCUT2D eigenvalue weighted by Crippen LogP contribution is -2.45. The van der Waals surface area contributed by atoms with Crippen molar-refractivity contribution >= 4 is 11.7 Å². The highest BCUT2D eigenvalue weighted by Crippen LogP contribution is 2.26. The van der Waals surface area contributed by atoms with E-state index in [2.05, 4.69) is 15.6 Å². The molecule has 0 aliphatic carbocycles. The molecule has 2 amide bonds. The van der Waals surface area contributed by atoms with Crippen LogP contribution in [0.4, 0.5) is 10.5 Å². The summed E-state index contributed by atoms with van der Waals surface area (Å²) in [6, 6.07) is 5.17. The number of hydrogen-bond donors (Lipinski definition) is 3. The van der Waals surface area contributed by atoms with Gasteiger partial charge in [0.1, 0.15) is 6.26 Å². The van der Waals surface area contributed by atoms with Crippen molar-refractivity contribution in [3.63, 3.8) is 0 Å². The summed E-state index contributed by atoms with van der Waals surface area (Å²) in [4.78, 5) is 16.4. The van der Waals surface area contributed by atoms with Gasteiger partial charge in [0, 0.05) is 17.8 Å². The SMILES string of the molecule is Cc1coc(-c2cc(NC(=O)NCC(C)(O)C(C)C)ccc2C)n1. The molecular weight excluding hydrogens is 306 g/mol. The standard InChI is InChI=1S/C18H25N3O3/c1-11(2)18(5,23)10-19-17(22)21-14-7-6-12(3)15(8-14)16-20-13(4)9-24-16/h6-9,11,23H,10H2,1-5H3,(H2,19,21,22). The first kappa shape index (κ1) is 18.0. The minimum Gasteiger partial charge on any atom is -0.444 e. The van der Waals surface area contributed by atoms with Crippen molar-refractivity contribution in [1.29, 1.82) is 0 Å². The molecule has 0 saturated heterocycles. The van der Waals surface area contributed by atoms with E-state index in [0.717, 1.165) is 16.8 Å². The van der Waals surface area contributed by atoms with Crippen LogP contribution in [0.15, 0.2) is 28.9 Å². The number of urea groups is 1.